The normalized spacial score (nSPS) is 20.1. The fourth-order valence-electron chi connectivity index (χ4n) is 2.46. The Hall–Kier alpha value is -0.700. The third-order valence-electron chi connectivity index (χ3n) is 3.14. The highest BCUT2D eigenvalue weighted by Gasteiger charge is 2.19. The lowest BCUT2D eigenvalue weighted by atomic mass is 10.2. The van der Waals surface area contributed by atoms with Crippen molar-refractivity contribution in [2.75, 3.05) is 6.54 Å². The number of hydrogen-bond donors (Lipinski definition) is 1. The number of halogens is 2. The highest BCUT2D eigenvalue weighted by molar-refractivity contribution is 6.38. The average Bonchev–Trinajstić information content (AvgIpc) is 2.58. The minimum absolute atomic E-state index is 0.441. The number of benzene rings is 1. The Balaban J connectivity index is 2.38. The average molecular weight is 255 g/mol. The van der Waals surface area contributed by atoms with E-state index in [1.807, 2.05) is 6.07 Å². The van der Waals surface area contributed by atoms with Crippen LogP contribution in [0.2, 0.25) is 10.0 Å². The first-order valence-electron chi connectivity index (χ1n) is 5.36. The van der Waals surface area contributed by atoms with Gasteiger partial charge in [-0.2, -0.15) is 0 Å². The molecular weight excluding hydrogens is 243 g/mol. The summed E-state index contributed by atoms with van der Waals surface area (Å²) in [5.74, 6) is 0. The quantitative estimate of drug-likeness (QED) is 0.760. The molecule has 16 heavy (non-hydrogen) atoms. The summed E-state index contributed by atoms with van der Waals surface area (Å²) in [6.07, 6.45) is 0. The van der Waals surface area contributed by atoms with Gasteiger partial charge in [0, 0.05) is 35.2 Å². The molecule has 1 aliphatic heterocycles. The molecule has 2 nitrogen and oxygen atoms in total. The van der Waals surface area contributed by atoms with Crippen LogP contribution in [0.3, 0.4) is 0 Å². The minimum atomic E-state index is 0.441. The molecule has 3 rings (SSSR count). The van der Waals surface area contributed by atoms with Crippen molar-refractivity contribution in [3.05, 3.63) is 33.9 Å². The van der Waals surface area contributed by atoms with Crippen molar-refractivity contribution >= 4 is 34.1 Å². The molecular formula is C12H12Cl2N2. The second-order valence-corrected chi connectivity index (χ2v) is 5.15. The zero-order chi connectivity index (χ0) is 11.3. The van der Waals surface area contributed by atoms with E-state index in [9.17, 15) is 0 Å². The number of fused-ring (bicyclic) bond motifs is 3. The number of nitrogens with zero attached hydrogens (tertiary/aromatic N) is 1. The Kier molecular flexibility index (Phi) is 2.39. The van der Waals surface area contributed by atoms with Crippen molar-refractivity contribution in [3.8, 4) is 0 Å². The summed E-state index contributed by atoms with van der Waals surface area (Å²) in [5, 5.41) is 5.91. The van der Waals surface area contributed by atoms with Gasteiger partial charge in [-0.15, -0.1) is 0 Å². The summed E-state index contributed by atoms with van der Waals surface area (Å²) in [6, 6.07) is 6.39. The predicted octanol–water partition coefficient (Wildman–Crippen LogP) is 3.61. The summed E-state index contributed by atoms with van der Waals surface area (Å²) in [7, 11) is 0. The highest BCUT2D eigenvalue weighted by Crippen LogP contribution is 2.33. The molecule has 0 aliphatic carbocycles. The first-order valence-corrected chi connectivity index (χ1v) is 6.12. The van der Waals surface area contributed by atoms with Crippen molar-refractivity contribution in [2.24, 2.45) is 0 Å². The van der Waals surface area contributed by atoms with Gasteiger partial charge in [-0.25, -0.2) is 0 Å². The van der Waals surface area contributed by atoms with Crippen molar-refractivity contribution in [3.63, 3.8) is 0 Å². The molecule has 0 fully saturated rings. The van der Waals surface area contributed by atoms with Crippen molar-refractivity contribution in [1.82, 2.24) is 9.88 Å². The Morgan fingerprint density at radius 1 is 1.31 bits per heavy atom. The van der Waals surface area contributed by atoms with E-state index in [0.29, 0.717) is 11.1 Å². The zero-order valence-corrected chi connectivity index (χ0v) is 10.4. The topological polar surface area (TPSA) is 17.0 Å². The van der Waals surface area contributed by atoms with E-state index in [4.69, 9.17) is 23.2 Å². The Labute approximate surface area is 104 Å². The van der Waals surface area contributed by atoms with Gasteiger partial charge in [-0.05, 0) is 25.1 Å². The van der Waals surface area contributed by atoms with E-state index in [1.54, 1.807) is 6.07 Å². The maximum Gasteiger partial charge on any atom is 0.0515 e. The van der Waals surface area contributed by atoms with Crippen molar-refractivity contribution < 1.29 is 0 Å². The third-order valence-corrected chi connectivity index (χ3v) is 3.67. The lowest BCUT2D eigenvalue weighted by Crippen LogP contribution is -2.30. The van der Waals surface area contributed by atoms with Crippen LogP contribution < -0.4 is 5.32 Å². The van der Waals surface area contributed by atoms with E-state index in [0.717, 1.165) is 29.0 Å². The number of aromatic nitrogens is 1. The first-order chi connectivity index (χ1) is 7.66. The van der Waals surface area contributed by atoms with Crippen LogP contribution in [0.25, 0.3) is 10.9 Å². The molecule has 0 amide bonds. The molecule has 0 spiro atoms. The van der Waals surface area contributed by atoms with Crippen LogP contribution in [0.5, 0.6) is 0 Å². The SMILES string of the molecule is CC1CNCc2cc3c(Cl)cc(Cl)cc3n21. The van der Waals surface area contributed by atoms with Gasteiger partial charge in [-0.3, -0.25) is 0 Å². The van der Waals surface area contributed by atoms with Gasteiger partial charge in [0.05, 0.1) is 10.5 Å². The van der Waals surface area contributed by atoms with E-state index in [2.05, 4.69) is 22.9 Å². The van der Waals surface area contributed by atoms with Gasteiger partial charge in [0.1, 0.15) is 0 Å². The molecule has 0 bridgehead atoms. The molecule has 84 valence electrons. The second-order valence-electron chi connectivity index (χ2n) is 4.31. The van der Waals surface area contributed by atoms with Gasteiger partial charge in [0.15, 0.2) is 0 Å². The molecule has 4 heteroatoms. The summed E-state index contributed by atoms with van der Waals surface area (Å²) < 4.78 is 2.32. The van der Waals surface area contributed by atoms with Gasteiger partial charge < -0.3 is 9.88 Å². The molecule has 1 aromatic heterocycles. The van der Waals surface area contributed by atoms with E-state index in [-0.39, 0.29) is 0 Å². The lowest BCUT2D eigenvalue weighted by molar-refractivity contribution is 0.439. The molecule has 1 unspecified atom stereocenters. The molecule has 1 aliphatic rings. The van der Waals surface area contributed by atoms with Crippen LogP contribution in [0.15, 0.2) is 18.2 Å². The Morgan fingerprint density at radius 2 is 2.12 bits per heavy atom. The van der Waals surface area contributed by atoms with Gasteiger partial charge in [0.2, 0.25) is 0 Å². The van der Waals surface area contributed by atoms with Gasteiger partial charge in [0.25, 0.3) is 0 Å². The monoisotopic (exact) mass is 254 g/mol. The Morgan fingerprint density at radius 3 is 2.94 bits per heavy atom. The molecule has 2 aromatic rings. The van der Waals surface area contributed by atoms with E-state index >= 15 is 0 Å². The maximum atomic E-state index is 6.21. The molecule has 0 saturated carbocycles. The Bertz CT molecular complexity index is 560. The number of rotatable bonds is 0. The third kappa shape index (κ3) is 1.45. The highest BCUT2D eigenvalue weighted by atomic mass is 35.5. The maximum absolute atomic E-state index is 6.21. The molecule has 1 atom stereocenters. The molecule has 2 heterocycles. The van der Waals surface area contributed by atoms with Crippen LogP contribution in [-0.2, 0) is 6.54 Å². The summed E-state index contributed by atoms with van der Waals surface area (Å²) in [4.78, 5) is 0. The van der Waals surface area contributed by atoms with E-state index < -0.39 is 0 Å². The lowest BCUT2D eigenvalue weighted by Gasteiger charge is -2.24. The van der Waals surface area contributed by atoms with Crippen molar-refractivity contribution in [1.29, 1.82) is 0 Å². The first kappa shape index (κ1) is 10.5. The standard InChI is InChI=1S/C12H12Cl2N2/c1-7-5-15-6-9-4-10-11(14)2-8(13)3-12(10)16(7)9/h2-4,7,15H,5-6H2,1H3. The molecule has 0 radical (unpaired) electrons. The van der Waals surface area contributed by atoms with Crippen LogP contribution in [-0.4, -0.2) is 11.1 Å². The summed E-state index contributed by atoms with van der Waals surface area (Å²) in [6.45, 7) is 4.08. The van der Waals surface area contributed by atoms with Crippen LogP contribution >= 0.6 is 23.2 Å². The largest absolute Gasteiger partial charge is 0.339 e. The fourth-order valence-corrected chi connectivity index (χ4v) is 3.00. The second kappa shape index (κ2) is 3.66. The van der Waals surface area contributed by atoms with Crippen LogP contribution in [0.4, 0.5) is 0 Å². The smallest absolute Gasteiger partial charge is 0.0515 e. The van der Waals surface area contributed by atoms with E-state index in [1.165, 1.54) is 5.69 Å². The fraction of sp³-hybridized carbons (Fsp3) is 0.333. The number of nitrogens with one attached hydrogen (secondary N) is 1. The van der Waals surface area contributed by atoms with Crippen LogP contribution in [0.1, 0.15) is 18.7 Å². The van der Waals surface area contributed by atoms with Crippen LogP contribution in [0, 0.1) is 0 Å². The summed E-state index contributed by atoms with van der Waals surface area (Å²) >= 11 is 12.3. The molecule has 0 saturated heterocycles. The van der Waals surface area contributed by atoms with Gasteiger partial charge >= 0.3 is 0 Å². The zero-order valence-electron chi connectivity index (χ0n) is 8.93. The predicted molar refractivity (Wildman–Crippen MR) is 68.4 cm³/mol. The number of hydrogen-bond acceptors (Lipinski definition) is 1. The minimum Gasteiger partial charge on any atom is -0.339 e. The van der Waals surface area contributed by atoms with Gasteiger partial charge in [-0.1, -0.05) is 23.2 Å². The summed E-state index contributed by atoms with van der Waals surface area (Å²) in [5.41, 5.74) is 2.42. The molecule has 1 aromatic carbocycles. The molecule has 1 N–H and O–H groups in total. The van der Waals surface area contributed by atoms with Crippen molar-refractivity contribution in [2.45, 2.75) is 19.5 Å².